The first kappa shape index (κ1) is 15.5. The Balaban J connectivity index is 2.14. The number of nitrogens with zero attached hydrogens (tertiary/aromatic N) is 1. The van der Waals surface area contributed by atoms with Crippen molar-refractivity contribution < 1.29 is 9.59 Å². The standard InChI is InChI=1S/C17H24N2O2/c1-12(15-8-6-5-7-9-15)19-11-17(4,10-16(19)21)13(2)18-14(3)20/h5-9,12-13H,10-11H2,1-4H3,(H,18,20)/t12-,13?,17?/m1/s1. The van der Waals surface area contributed by atoms with E-state index in [0.717, 1.165) is 5.56 Å². The van der Waals surface area contributed by atoms with E-state index in [1.165, 1.54) is 6.92 Å². The van der Waals surface area contributed by atoms with Crippen LogP contribution in [0, 0.1) is 5.41 Å². The van der Waals surface area contributed by atoms with Gasteiger partial charge >= 0.3 is 0 Å². The van der Waals surface area contributed by atoms with E-state index in [2.05, 4.69) is 19.2 Å². The highest BCUT2D eigenvalue weighted by Crippen LogP contribution is 2.38. The van der Waals surface area contributed by atoms with Crippen molar-refractivity contribution in [2.45, 2.75) is 46.2 Å². The normalized spacial score (nSPS) is 24.8. The number of carbonyl (C=O) groups excluding carboxylic acids is 2. The monoisotopic (exact) mass is 288 g/mol. The van der Waals surface area contributed by atoms with Gasteiger partial charge in [-0.2, -0.15) is 0 Å². The zero-order valence-electron chi connectivity index (χ0n) is 13.2. The van der Waals surface area contributed by atoms with Crippen LogP contribution >= 0.6 is 0 Å². The lowest BCUT2D eigenvalue weighted by Gasteiger charge is -2.33. The van der Waals surface area contributed by atoms with E-state index in [9.17, 15) is 9.59 Å². The predicted octanol–water partition coefficient (Wildman–Crippen LogP) is 2.51. The van der Waals surface area contributed by atoms with E-state index in [0.29, 0.717) is 13.0 Å². The van der Waals surface area contributed by atoms with Crippen molar-refractivity contribution in [3.8, 4) is 0 Å². The molecule has 1 aliphatic rings. The zero-order chi connectivity index (χ0) is 15.6. The molecule has 1 N–H and O–H groups in total. The van der Waals surface area contributed by atoms with Gasteiger partial charge in [0.2, 0.25) is 11.8 Å². The highest BCUT2D eigenvalue weighted by Gasteiger charge is 2.45. The molecule has 1 aliphatic heterocycles. The number of carbonyl (C=O) groups is 2. The minimum atomic E-state index is -0.216. The van der Waals surface area contributed by atoms with Crippen LogP contribution in [0.4, 0.5) is 0 Å². The van der Waals surface area contributed by atoms with Crippen LogP contribution in [0.2, 0.25) is 0 Å². The van der Waals surface area contributed by atoms with E-state index in [4.69, 9.17) is 0 Å². The summed E-state index contributed by atoms with van der Waals surface area (Å²) in [7, 11) is 0. The molecule has 0 radical (unpaired) electrons. The van der Waals surface area contributed by atoms with E-state index in [1.54, 1.807) is 0 Å². The summed E-state index contributed by atoms with van der Waals surface area (Å²) in [6.07, 6.45) is 0.478. The predicted molar refractivity (Wildman–Crippen MR) is 82.6 cm³/mol. The number of benzene rings is 1. The van der Waals surface area contributed by atoms with Crippen molar-refractivity contribution in [1.29, 1.82) is 0 Å². The summed E-state index contributed by atoms with van der Waals surface area (Å²) in [6, 6.07) is 10.1. The van der Waals surface area contributed by atoms with Gasteiger partial charge in [-0.3, -0.25) is 9.59 Å². The second kappa shape index (κ2) is 5.88. The molecule has 2 amide bonds. The third-order valence-electron chi connectivity index (χ3n) is 4.62. The Morgan fingerprint density at radius 1 is 1.29 bits per heavy atom. The number of likely N-dealkylation sites (tertiary alicyclic amines) is 1. The van der Waals surface area contributed by atoms with Gasteiger partial charge < -0.3 is 10.2 Å². The van der Waals surface area contributed by atoms with Crippen LogP contribution in [0.5, 0.6) is 0 Å². The number of nitrogens with one attached hydrogen (secondary N) is 1. The third-order valence-corrected chi connectivity index (χ3v) is 4.62. The fourth-order valence-electron chi connectivity index (χ4n) is 3.01. The Labute approximate surface area is 126 Å². The van der Waals surface area contributed by atoms with E-state index >= 15 is 0 Å². The molecule has 0 saturated carbocycles. The average Bonchev–Trinajstić information content (AvgIpc) is 2.75. The lowest BCUT2D eigenvalue weighted by Crippen LogP contribution is -2.45. The van der Waals surface area contributed by atoms with Gasteiger partial charge in [-0.1, -0.05) is 37.3 Å². The summed E-state index contributed by atoms with van der Waals surface area (Å²) in [4.78, 5) is 25.6. The SMILES string of the molecule is CC(=O)NC(C)C1(C)CC(=O)N([C@H](C)c2ccccc2)C1. The summed E-state index contributed by atoms with van der Waals surface area (Å²) < 4.78 is 0. The number of rotatable bonds is 4. The molecule has 1 aromatic carbocycles. The molecule has 3 atom stereocenters. The van der Waals surface area contributed by atoms with Gasteiger partial charge in [0.25, 0.3) is 0 Å². The summed E-state index contributed by atoms with van der Waals surface area (Å²) >= 11 is 0. The van der Waals surface area contributed by atoms with E-state index < -0.39 is 0 Å². The van der Waals surface area contributed by atoms with Crippen LogP contribution in [0.15, 0.2) is 30.3 Å². The van der Waals surface area contributed by atoms with Gasteiger partial charge in [0.05, 0.1) is 6.04 Å². The largest absolute Gasteiger partial charge is 0.353 e. The molecular weight excluding hydrogens is 264 g/mol. The fraction of sp³-hybridized carbons (Fsp3) is 0.529. The summed E-state index contributed by atoms with van der Waals surface area (Å²) in [5.41, 5.74) is 0.925. The minimum absolute atomic E-state index is 0.0214. The smallest absolute Gasteiger partial charge is 0.223 e. The van der Waals surface area contributed by atoms with Crippen molar-refractivity contribution in [2.24, 2.45) is 5.41 Å². The first-order valence-corrected chi connectivity index (χ1v) is 7.45. The highest BCUT2D eigenvalue weighted by molar-refractivity contribution is 5.80. The highest BCUT2D eigenvalue weighted by atomic mass is 16.2. The quantitative estimate of drug-likeness (QED) is 0.925. The molecule has 1 heterocycles. The van der Waals surface area contributed by atoms with Gasteiger partial charge in [0.1, 0.15) is 0 Å². The van der Waals surface area contributed by atoms with Crippen LogP contribution in [-0.4, -0.2) is 29.3 Å². The fourth-order valence-corrected chi connectivity index (χ4v) is 3.01. The second-order valence-corrected chi connectivity index (χ2v) is 6.36. The lowest BCUT2D eigenvalue weighted by molar-refractivity contribution is -0.129. The molecule has 1 fully saturated rings. The van der Waals surface area contributed by atoms with Crippen LogP contribution < -0.4 is 5.32 Å². The Hall–Kier alpha value is -1.84. The average molecular weight is 288 g/mol. The van der Waals surface area contributed by atoms with Gasteiger partial charge in [0, 0.05) is 31.3 Å². The molecule has 21 heavy (non-hydrogen) atoms. The third kappa shape index (κ3) is 3.26. The lowest BCUT2D eigenvalue weighted by atomic mass is 9.82. The van der Waals surface area contributed by atoms with Gasteiger partial charge in [-0.15, -0.1) is 0 Å². The number of hydrogen-bond donors (Lipinski definition) is 1. The molecule has 0 bridgehead atoms. The molecular formula is C17H24N2O2. The van der Waals surface area contributed by atoms with E-state index in [1.807, 2.05) is 42.2 Å². The van der Waals surface area contributed by atoms with Gasteiger partial charge in [-0.05, 0) is 19.4 Å². The molecule has 2 rings (SSSR count). The van der Waals surface area contributed by atoms with Crippen molar-refractivity contribution in [3.05, 3.63) is 35.9 Å². The zero-order valence-corrected chi connectivity index (χ0v) is 13.2. The molecule has 1 saturated heterocycles. The van der Waals surface area contributed by atoms with Crippen molar-refractivity contribution in [1.82, 2.24) is 10.2 Å². The van der Waals surface area contributed by atoms with E-state index in [-0.39, 0.29) is 29.3 Å². The summed E-state index contributed by atoms with van der Waals surface area (Å²) in [6.45, 7) is 8.29. The second-order valence-electron chi connectivity index (χ2n) is 6.36. The maximum atomic E-state index is 12.4. The Morgan fingerprint density at radius 2 is 1.90 bits per heavy atom. The molecule has 4 nitrogen and oxygen atoms in total. The Morgan fingerprint density at radius 3 is 2.48 bits per heavy atom. The molecule has 0 aliphatic carbocycles. The maximum absolute atomic E-state index is 12.4. The van der Waals surface area contributed by atoms with Gasteiger partial charge in [-0.25, -0.2) is 0 Å². The minimum Gasteiger partial charge on any atom is -0.353 e. The maximum Gasteiger partial charge on any atom is 0.223 e. The topological polar surface area (TPSA) is 49.4 Å². The van der Waals surface area contributed by atoms with Crippen molar-refractivity contribution in [2.75, 3.05) is 6.54 Å². The molecule has 4 heteroatoms. The summed E-state index contributed by atoms with van der Waals surface area (Å²) in [5, 5.41) is 2.93. The summed E-state index contributed by atoms with van der Waals surface area (Å²) in [5.74, 6) is 0.108. The van der Waals surface area contributed by atoms with Crippen LogP contribution in [0.3, 0.4) is 0 Å². The van der Waals surface area contributed by atoms with Crippen molar-refractivity contribution in [3.63, 3.8) is 0 Å². The number of amides is 2. The molecule has 0 spiro atoms. The molecule has 2 unspecified atom stereocenters. The first-order chi connectivity index (χ1) is 9.83. The number of hydrogen-bond acceptors (Lipinski definition) is 2. The van der Waals surface area contributed by atoms with Crippen molar-refractivity contribution >= 4 is 11.8 Å². The van der Waals surface area contributed by atoms with Crippen LogP contribution in [0.1, 0.15) is 45.7 Å². The van der Waals surface area contributed by atoms with Crippen LogP contribution in [0.25, 0.3) is 0 Å². The van der Waals surface area contributed by atoms with Crippen LogP contribution in [-0.2, 0) is 9.59 Å². The Bertz CT molecular complexity index is 529. The Kier molecular flexibility index (Phi) is 4.35. The molecule has 114 valence electrons. The molecule has 0 aromatic heterocycles. The first-order valence-electron chi connectivity index (χ1n) is 7.45. The molecule has 1 aromatic rings. The van der Waals surface area contributed by atoms with Gasteiger partial charge in [0.15, 0.2) is 0 Å².